The van der Waals surface area contributed by atoms with Crippen molar-refractivity contribution in [1.82, 2.24) is 19.5 Å². The van der Waals surface area contributed by atoms with Crippen molar-refractivity contribution in [2.45, 2.75) is 12.6 Å². The molecule has 1 atom stereocenters. The summed E-state index contributed by atoms with van der Waals surface area (Å²) in [4.78, 5) is 29.2. The normalized spacial score (nSPS) is 13.8. The van der Waals surface area contributed by atoms with Crippen LogP contribution in [0.5, 0.6) is 0 Å². The first-order chi connectivity index (χ1) is 9.40. The maximum absolute atomic E-state index is 12.8. The van der Waals surface area contributed by atoms with Crippen LogP contribution < -0.4 is 5.73 Å². The van der Waals surface area contributed by atoms with Crippen LogP contribution in [0.15, 0.2) is 12.7 Å². The van der Waals surface area contributed by atoms with Crippen LogP contribution in [0.25, 0.3) is 11.2 Å². The largest absolute Gasteiger partial charge is 0.382 e. The summed E-state index contributed by atoms with van der Waals surface area (Å²) in [5.74, 6) is 0.196. The number of alkyl halides is 1. The van der Waals surface area contributed by atoms with E-state index in [1.54, 1.807) is 0 Å². The molecule has 0 spiro atoms. The molecule has 0 bridgehead atoms. The van der Waals surface area contributed by atoms with Crippen LogP contribution in [0.4, 0.5) is 10.2 Å². The Bertz CT molecular complexity index is 644. The van der Waals surface area contributed by atoms with Gasteiger partial charge in [0.15, 0.2) is 11.5 Å². The van der Waals surface area contributed by atoms with Crippen LogP contribution in [-0.2, 0) is 15.8 Å². The van der Waals surface area contributed by atoms with Crippen molar-refractivity contribution < 1.29 is 23.5 Å². The summed E-state index contributed by atoms with van der Waals surface area (Å²) < 4.78 is 29.9. The summed E-state index contributed by atoms with van der Waals surface area (Å²) >= 11 is 0. The highest BCUT2D eigenvalue weighted by Gasteiger charge is 2.19. The minimum Gasteiger partial charge on any atom is -0.382 e. The van der Waals surface area contributed by atoms with E-state index in [0.717, 1.165) is 0 Å². The first kappa shape index (κ1) is 14.8. The predicted octanol–water partition coefficient (Wildman–Crippen LogP) is -0.102. The van der Waals surface area contributed by atoms with E-state index in [1.807, 2.05) is 0 Å². The van der Waals surface area contributed by atoms with Gasteiger partial charge in [0.1, 0.15) is 31.0 Å². The van der Waals surface area contributed by atoms with Gasteiger partial charge in [-0.25, -0.2) is 19.3 Å². The van der Waals surface area contributed by atoms with E-state index in [-0.39, 0.29) is 12.4 Å². The summed E-state index contributed by atoms with van der Waals surface area (Å²) in [6.07, 6.45) is 0.776. The number of fused-ring (bicyclic) bond motifs is 1. The van der Waals surface area contributed by atoms with Gasteiger partial charge in [-0.15, -0.1) is 0 Å². The van der Waals surface area contributed by atoms with Gasteiger partial charge in [0, 0.05) is 0 Å². The van der Waals surface area contributed by atoms with Gasteiger partial charge in [0.2, 0.25) is 0 Å². The zero-order valence-electron chi connectivity index (χ0n) is 10.3. The number of anilines is 1. The molecule has 20 heavy (non-hydrogen) atoms. The van der Waals surface area contributed by atoms with Gasteiger partial charge < -0.3 is 24.8 Å². The molecule has 2 aromatic rings. The highest BCUT2D eigenvalue weighted by Crippen LogP contribution is 2.34. The molecule has 4 N–H and O–H groups in total. The third-order valence-electron chi connectivity index (χ3n) is 2.48. The van der Waals surface area contributed by atoms with E-state index in [9.17, 15) is 8.96 Å². The minimum absolute atomic E-state index is 0.00343. The lowest BCUT2D eigenvalue weighted by Gasteiger charge is -2.15. The molecule has 2 heterocycles. The fraction of sp³-hybridized carbons (Fsp3) is 0.444. The Balaban J connectivity index is 2.14. The number of rotatable bonds is 6. The molecule has 0 aliphatic rings. The van der Waals surface area contributed by atoms with Crippen LogP contribution in [0.1, 0.15) is 0 Å². The molecular weight excluding hydrogens is 292 g/mol. The Labute approximate surface area is 112 Å². The topological polar surface area (TPSA) is 136 Å². The van der Waals surface area contributed by atoms with Crippen LogP contribution in [-0.4, -0.2) is 48.4 Å². The molecule has 0 aromatic carbocycles. The summed E-state index contributed by atoms with van der Waals surface area (Å²) in [6, 6.07) is 0. The van der Waals surface area contributed by atoms with E-state index < -0.39 is 26.7 Å². The number of hydrogen-bond acceptors (Lipinski definition) is 6. The van der Waals surface area contributed by atoms with Crippen molar-refractivity contribution in [2.24, 2.45) is 0 Å². The second-order valence-corrected chi connectivity index (χ2v) is 5.65. The number of nitrogens with two attached hydrogens (primary N) is 1. The van der Waals surface area contributed by atoms with Crippen molar-refractivity contribution in [3.05, 3.63) is 12.7 Å². The van der Waals surface area contributed by atoms with Gasteiger partial charge in [-0.1, -0.05) is 0 Å². The molecular formula is C9H13FN5O4P. The first-order valence-corrected chi connectivity index (χ1v) is 7.34. The Morgan fingerprint density at radius 3 is 2.85 bits per heavy atom. The maximum Gasteiger partial charge on any atom is 0.350 e. The van der Waals surface area contributed by atoms with Crippen LogP contribution in [0.2, 0.25) is 0 Å². The Morgan fingerprint density at radius 1 is 1.45 bits per heavy atom. The van der Waals surface area contributed by atoms with Crippen molar-refractivity contribution >= 4 is 24.6 Å². The molecule has 0 saturated carbocycles. The van der Waals surface area contributed by atoms with Gasteiger partial charge in [-0.05, 0) is 0 Å². The molecule has 0 amide bonds. The molecule has 2 aromatic heterocycles. The highest BCUT2D eigenvalue weighted by atomic mass is 31.2. The third kappa shape index (κ3) is 3.48. The Morgan fingerprint density at radius 2 is 2.20 bits per heavy atom. The van der Waals surface area contributed by atoms with E-state index in [1.165, 1.54) is 17.2 Å². The van der Waals surface area contributed by atoms with Gasteiger partial charge in [0.25, 0.3) is 0 Å². The van der Waals surface area contributed by atoms with Crippen molar-refractivity contribution in [1.29, 1.82) is 0 Å². The van der Waals surface area contributed by atoms with Crippen LogP contribution in [0.3, 0.4) is 0 Å². The Kier molecular flexibility index (Phi) is 4.29. The summed E-state index contributed by atoms with van der Waals surface area (Å²) in [5, 5.41) is 0. The maximum atomic E-state index is 12.8. The van der Waals surface area contributed by atoms with Gasteiger partial charge in [-0.2, -0.15) is 0 Å². The number of halogens is 1. The molecule has 110 valence electrons. The quantitative estimate of drug-likeness (QED) is 0.629. The van der Waals surface area contributed by atoms with Gasteiger partial charge in [0.05, 0.1) is 12.9 Å². The third-order valence-corrected chi connectivity index (χ3v) is 2.97. The standard InChI is InChI=1S/C9H13FN5O4P/c10-1-6(19-5-20(16,17)18)2-15-4-14-7-8(11)12-3-13-9(7)15/h3-4,6H,1-2,5H2,(H2,11,12,13)(H2,16,17,18)/t6-/m0/s1. The Hall–Kier alpha value is -1.61. The fourth-order valence-electron chi connectivity index (χ4n) is 1.60. The molecule has 9 nitrogen and oxygen atoms in total. The monoisotopic (exact) mass is 305 g/mol. The molecule has 2 rings (SSSR count). The molecule has 11 heteroatoms. The predicted molar refractivity (Wildman–Crippen MR) is 67.5 cm³/mol. The van der Waals surface area contributed by atoms with Crippen molar-refractivity contribution in [2.75, 3.05) is 18.8 Å². The fourth-order valence-corrected chi connectivity index (χ4v) is 2.01. The number of ether oxygens (including phenoxy) is 1. The van der Waals surface area contributed by atoms with Crippen LogP contribution >= 0.6 is 7.60 Å². The number of nitrogen functional groups attached to an aromatic ring is 1. The lowest BCUT2D eigenvalue weighted by molar-refractivity contribution is 0.0445. The summed E-state index contributed by atoms with van der Waals surface area (Å²) in [7, 11) is -4.34. The molecule has 0 saturated heterocycles. The van der Waals surface area contributed by atoms with E-state index in [4.69, 9.17) is 20.3 Å². The van der Waals surface area contributed by atoms with Crippen molar-refractivity contribution in [3.63, 3.8) is 0 Å². The van der Waals surface area contributed by atoms with Crippen molar-refractivity contribution in [3.8, 4) is 0 Å². The molecule has 0 aliphatic heterocycles. The molecule has 0 radical (unpaired) electrons. The SMILES string of the molecule is Nc1ncnc2c1ncn2C[C@H](CF)OCP(=O)(O)O. The minimum atomic E-state index is -4.34. The number of hydrogen-bond donors (Lipinski definition) is 3. The number of nitrogens with zero attached hydrogens (tertiary/aromatic N) is 4. The zero-order valence-corrected chi connectivity index (χ0v) is 11.2. The zero-order chi connectivity index (χ0) is 14.8. The summed E-state index contributed by atoms with van der Waals surface area (Å²) in [5.41, 5.74) is 6.39. The highest BCUT2D eigenvalue weighted by molar-refractivity contribution is 7.51. The number of aromatic nitrogens is 4. The molecule has 0 fully saturated rings. The lowest BCUT2D eigenvalue weighted by Crippen LogP contribution is -2.22. The second-order valence-electron chi connectivity index (χ2n) is 4.06. The van der Waals surface area contributed by atoms with E-state index in [2.05, 4.69) is 15.0 Å². The second kappa shape index (κ2) is 5.80. The molecule has 0 unspecified atom stereocenters. The molecule has 0 aliphatic carbocycles. The van der Waals surface area contributed by atoms with Gasteiger partial charge >= 0.3 is 7.60 Å². The summed E-state index contributed by atoms with van der Waals surface area (Å²) in [6.45, 7) is -0.899. The number of imidazole rings is 1. The van der Waals surface area contributed by atoms with Gasteiger partial charge in [-0.3, -0.25) is 4.57 Å². The lowest BCUT2D eigenvalue weighted by atomic mass is 10.4. The van der Waals surface area contributed by atoms with E-state index in [0.29, 0.717) is 11.2 Å². The van der Waals surface area contributed by atoms with E-state index >= 15 is 0 Å². The smallest absolute Gasteiger partial charge is 0.350 e. The first-order valence-electron chi connectivity index (χ1n) is 5.54. The average molecular weight is 305 g/mol. The van der Waals surface area contributed by atoms with Crippen LogP contribution in [0, 0.1) is 0 Å². The average Bonchev–Trinajstić information content (AvgIpc) is 2.78.